The van der Waals surface area contributed by atoms with Crippen LogP contribution < -0.4 is 4.74 Å². The van der Waals surface area contributed by atoms with Crippen LogP contribution in [0.2, 0.25) is 0 Å². The summed E-state index contributed by atoms with van der Waals surface area (Å²) in [5.41, 5.74) is 1.96. The van der Waals surface area contributed by atoms with Crippen molar-refractivity contribution >= 4 is 10.9 Å². The highest BCUT2D eigenvalue weighted by Gasteiger charge is 2.52. The smallest absolute Gasteiger partial charge is 0.119 e. The number of benzene rings is 1. The van der Waals surface area contributed by atoms with E-state index in [1.807, 2.05) is 25.4 Å². The maximum atomic E-state index is 6.26. The maximum Gasteiger partial charge on any atom is 0.119 e. The van der Waals surface area contributed by atoms with Crippen molar-refractivity contribution in [2.75, 3.05) is 27.3 Å². The van der Waals surface area contributed by atoms with Crippen molar-refractivity contribution in [3.63, 3.8) is 0 Å². The number of ether oxygens (including phenoxy) is 2. The molecule has 4 heterocycles. The Balaban J connectivity index is 1.80. The van der Waals surface area contributed by atoms with Gasteiger partial charge in [0.2, 0.25) is 0 Å². The van der Waals surface area contributed by atoms with Crippen molar-refractivity contribution in [1.29, 1.82) is 0 Å². The van der Waals surface area contributed by atoms with Gasteiger partial charge in [-0.1, -0.05) is 13.0 Å². The van der Waals surface area contributed by atoms with Gasteiger partial charge in [0.1, 0.15) is 11.4 Å². The monoisotopic (exact) mass is 366 g/mol. The SMILES string of the molecule is C=C[C@@]1(C)CN2CCC1CC2[C@](C)(OC)c1ccnc2ccc(OC)cc12. The molecule has 3 fully saturated rings. The molecule has 0 spiro atoms. The van der Waals surface area contributed by atoms with Crippen LogP contribution in [0.5, 0.6) is 5.75 Å². The molecule has 3 aliphatic rings. The molecule has 1 aromatic carbocycles. The van der Waals surface area contributed by atoms with Gasteiger partial charge in [0, 0.05) is 36.7 Å². The number of rotatable bonds is 5. The molecule has 2 aromatic rings. The van der Waals surface area contributed by atoms with E-state index in [0.717, 1.165) is 36.2 Å². The van der Waals surface area contributed by atoms with Crippen LogP contribution in [0.25, 0.3) is 10.9 Å². The first kappa shape index (κ1) is 18.5. The fourth-order valence-corrected chi connectivity index (χ4v) is 5.28. The molecule has 0 radical (unpaired) electrons. The molecule has 3 saturated heterocycles. The molecule has 5 atom stereocenters. The van der Waals surface area contributed by atoms with Gasteiger partial charge in [-0.2, -0.15) is 0 Å². The molecular weight excluding hydrogens is 336 g/mol. The van der Waals surface area contributed by atoms with Crippen molar-refractivity contribution in [3.8, 4) is 5.75 Å². The zero-order valence-electron chi connectivity index (χ0n) is 16.9. The number of nitrogens with zero attached hydrogens (tertiary/aromatic N) is 2. The molecule has 1 aromatic heterocycles. The van der Waals surface area contributed by atoms with Crippen molar-refractivity contribution in [1.82, 2.24) is 9.88 Å². The van der Waals surface area contributed by atoms with Gasteiger partial charge >= 0.3 is 0 Å². The lowest BCUT2D eigenvalue weighted by atomic mass is 9.63. The Labute approximate surface area is 162 Å². The van der Waals surface area contributed by atoms with E-state index in [1.54, 1.807) is 7.11 Å². The van der Waals surface area contributed by atoms with E-state index < -0.39 is 5.60 Å². The number of hydrogen-bond donors (Lipinski definition) is 0. The fourth-order valence-electron chi connectivity index (χ4n) is 5.28. The quantitative estimate of drug-likeness (QED) is 0.735. The molecule has 0 amide bonds. The van der Waals surface area contributed by atoms with Crippen LogP contribution in [0.3, 0.4) is 0 Å². The third-order valence-electron chi connectivity index (χ3n) is 7.20. The second-order valence-electron chi connectivity index (χ2n) is 8.47. The average Bonchev–Trinajstić information content (AvgIpc) is 2.72. The molecule has 144 valence electrons. The Morgan fingerprint density at radius 3 is 2.78 bits per heavy atom. The van der Waals surface area contributed by atoms with E-state index in [1.165, 1.54) is 12.0 Å². The summed E-state index contributed by atoms with van der Waals surface area (Å²) in [6.45, 7) is 10.9. The second-order valence-corrected chi connectivity index (χ2v) is 8.47. The Morgan fingerprint density at radius 1 is 1.33 bits per heavy atom. The van der Waals surface area contributed by atoms with Crippen LogP contribution in [0, 0.1) is 11.3 Å². The Bertz CT molecular complexity index is 867. The van der Waals surface area contributed by atoms with E-state index in [0.29, 0.717) is 12.0 Å². The minimum absolute atomic E-state index is 0.201. The number of methoxy groups -OCH3 is 2. The highest BCUT2D eigenvalue weighted by Crippen LogP contribution is 2.50. The highest BCUT2D eigenvalue weighted by molar-refractivity contribution is 5.84. The average molecular weight is 367 g/mol. The lowest BCUT2D eigenvalue weighted by Crippen LogP contribution is -2.63. The van der Waals surface area contributed by atoms with Gasteiger partial charge in [-0.15, -0.1) is 6.58 Å². The molecule has 5 rings (SSSR count). The van der Waals surface area contributed by atoms with Crippen LogP contribution in [-0.2, 0) is 10.3 Å². The van der Waals surface area contributed by atoms with E-state index in [4.69, 9.17) is 9.47 Å². The maximum absolute atomic E-state index is 6.26. The molecule has 4 nitrogen and oxygen atoms in total. The minimum atomic E-state index is -0.408. The zero-order chi connectivity index (χ0) is 19.2. The van der Waals surface area contributed by atoms with E-state index in [-0.39, 0.29) is 5.41 Å². The Hall–Kier alpha value is -1.91. The van der Waals surface area contributed by atoms with E-state index in [9.17, 15) is 0 Å². The molecular formula is C23H30N2O2. The number of aromatic nitrogens is 1. The largest absolute Gasteiger partial charge is 0.497 e. The van der Waals surface area contributed by atoms with Crippen molar-refractivity contribution in [3.05, 3.63) is 48.7 Å². The van der Waals surface area contributed by atoms with Crippen LogP contribution in [0.1, 0.15) is 32.3 Å². The molecule has 4 heteroatoms. The first-order valence-corrected chi connectivity index (χ1v) is 9.81. The van der Waals surface area contributed by atoms with Crippen LogP contribution in [0.15, 0.2) is 43.1 Å². The summed E-state index contributed by atoms with van der Waals surface area (Å²) in [4.78, 5) is 7.17. The number of hydrogen-bond acceptors (Lipinski definition) is 4. The Morgan fingerprint density at radius 2 is 2.15 bits per heavy atom. The molecule has 3 unspecified atom stereocenters. The number of pyridine rings is 1. The van der Waals surface area contributed by atoms with E-state index >= 15 is 0 Å². The Kier molecular flexibility index (Phi) is 4.52. The van der Waals surface area contributed by atoms with Crippen molar-refractivity contribution in [2.24, 2.45) is 11.3 Å². The molecule has 27 heavy (non-hydrogen) atoms. The van der Waals surface area contributed by atoms with E-state index in [2.05, 4.69) is 48.5 Å². The van der Waals surface area contributed by atoms with Gasteiger partial charge in [0.25, 0.3) is 0 Å². The summed E-state index contributed by atoms with van der Waals surface area (Å²) >= 11 is 0. The van der Waals surface area contributed by atoms with Gasteiger partial charge in [-0.3, -0.25) is 9.88 Å². The molecule has 0 aliphatic carbocycles. The summed E-state index contributed by atoms with van der Waals surface area (Å²) in [5.74, 6) is 1.50. The number of fused-ring (bicyclic) bond motifs is 4. The van der Waals surface area contributed by atoms with Gasteiger partial charge < -0.3 is 9.47 Å². The second kappa shape index (κ2) is 6.61. The molecule has 3 aliphatic heterocycles. The third-order valence-corrected chi connectivity index (χ3v) is 7.20. The molecule has 0 saturated carbocycles. The van der Waals surface area contributed by atoms with Gasteiger partial charge in [-0.25, -0.2) is 0 Å². The lowest BCUT2D eigenvalue weighted by molar-refractivity contribution is -0.135. The highest BCUT2D eigenvalue weighted by atomic mass is 16.5. The van der Waals surface area contributed by atoms with Crippen LogP contribution in [-0.4, -0.2) is 43.2 Å². The third kappa shape index (κ3) is 2.77. The van der Waals surface area contributed by atoms with Crippen LogP contribution in [0.4, 0.5) is 0 Å². The topological polar surface area (TPSA) is 34.6 Å². The van der Waals surface area contributed by atoms with Crippen molar-refractivity contribution in [2.45, 2.75) is 38.3 Å². The molecule has 0 N–H and O–H groups in total. The summed E-state index contributed by atoms with van der Waals surface area (Å²) in [6, 6.07) is 8.52. The molecule has 2 bridgehead atoms. The summed E-state index contributed by atoms with van der Waals surface area (Å²) < 4.78 is 11.7. The predicted octanol–water partition coefficient (Wildman–Crippen LogP) is 4.39. The van der Waals surface area contributed by atoms with Gasteiger partial charge in [0.15, 0.2) is 0 Å². The summed E-state index contributed by atoms with van der Waals surface area (Å²) in [6.07, 6.45) is 6.42. The zero-order valence-corrected chi connectivity index (χ0v) is 16.9. The predicted molar refractivity (Wildman–Crippen MR) is 109 cm³/mol. The van der Waals surface area contributed by atoms with Gasteiger partial charge in [-0.05, 0) is 62.1 Å². The van der Waals surface area contributed by atoms with Crippen molar-refractivity contribution < 1.29 is 9.47 Å². The van der Waals surface area contributed by atoms with Crippen LogP contribution >= 0.6 is 0 Å². The first-order valence-electron chi connectivity index (χ1n) is 9.81. The standard InChI is InChI=1S/C23H30N2O2/c1-6-22(2)15-25-12-10-16(22)13-21(25)23(3,27-5)19-9-11-24-20-8-7-17(26-4)14-18(19)20/h6-9,11,14,16,21H,1,10,12-13,15H2,2-5H3/t16?,21?,22-,23+/m0/s1. The first-order chi connectivity index (χ1) is 12.9. The number of piperidine rings is 3. The summed E-state index contributed by atoms with van der Waals surface area (Å²) in [5, 5.41) is 1.11. The normalized spacial score (nSPS) is 32.2. The minimum Gasteiger partial charge on any atom is -0.497 e. The fraction of sp³-hybridized carbons (Fsp3) is 0.522. The summed E-state index contributed by atoms with van der Waals surface area (Å²) in [7, 11) is 3.54. The van der Waals surface area contributed by atoms with Gasteiger partial charge in [0.05, 0.1) is 12.6 Å². The lowest BCUT2D eigenvalue weighted by Gasteiger charge is -2.58.